The van der Waals surface area contributed by atoms with E-state index >= 15 is 0 Å². The molecule has 0 atom stereocenters. The highest BCUT2D eigenvalue weighted by molar-refractivity contribution is 7.15. The van der Waals surface area contributed by atoms with Gasteiger partial charge in [0.1, 0.15) is 5.01 Å². The summed E-state index contributed by atoms with van der Waals surface area (Å²) in [6.07, 6.45) is 3.36. The summed E-state index contributed by atoms with van der Waals surface area (Å²) in [5.41, 5.74) is 0. The van der Waals surface area contributed by atoms with E-state index in [2.05, 4.69) is 20.6 Å². The molecule has 0 aliphatic rings. The third kappa shape index (κ3) is 2.66. The molecule has 0 spiro atoms. The average Bonchev–Trinajstić information content (AvgIpc) is 2.78. The number of nitrogens with one attached hydrogen (secondary N) is 1. The maximum absolute atomic E-state index is 5.75. The largest absolute Gasteiger partial charge is 0.360 e. The maximum Gasteiger partial charge on any atom is 0.205 e. The van der Waals surface area contributed by atoms with Gasteiger partial charge in [0.2, 0.25) is 5.13 Å². The SMILES string of the molecule is CCNc1nnc(Cn2cc(Cl)cn2)s1. The van der Waals surface area contributed by atoms with Gasteiger partial charge in [0.05, 0.1) is 17.8 Å². The Balaban J connectivity index is 2.04. The van der Waals surface area contributed by atoms with Crippen LogP contribution in [-0.2, 0) is 6.54 Å². The zero-order valence-electron chi connectivity index (χ0n) is 8.14. The Morgan fingerprint density at radius 1 is 1.53 bits per heavy atom. The van der Waals surface area contributed by atoms with Crippen molar-refractivity contribution in [3.63, 3.8) is 0 Å². The molecule has 0 aliphatic heterocycles. The Kier molecular flexibility index (Phi) is 3.17. The topological polar surface area (TPSA) is 55.6 Å². The molecule has 2 aromatic heterocycles. The minimum absolute atomic E-state index is 0.607. The molecular formula is C8H10ClN5S. The molecule has 80 valence electrons. The monoisotopic (exact) mass is 243 g/mol. The molecule has 0 bridgehead atoms. The first-order valence-electron chi connectivity index (χ1n) is 4.52. The lowest BCUT2D eigenvalue weighted by Crippen LogP contribution is -1.98. The quantitative estimate of drug-likeness (QED) is 0.891. The molecule has 0 saturated carbocycles. The Hall–Kier alpha value is -1.14. The normalized spacial score (nSPS) is 10.5. The van der Waals surface area contributed by atoms with E-state index in [1.807, 2.05) is 6.92 Å². The molecule has 15 heavy (non-hydrogen) atoms. The van der Waals surface area contributed by atoms with Gasteiger partial charge in [-0.1, -0.05) is 22.9 Å². The van der Waals surface area contributed by atoms with Crippen molar-refractivity contribution in [3.05, 3.63) is 22.4 Å². The van der Waals surface area contributed by atoms with E-state index in [1.165, 1.54) is 11.3 Å². The number of aromatic nitrogens is 4. The molecule has 1 N–H and O–H groups in total. The Labute approximate surface area is 96.1 Å². The summed E-state index contributed by atoms with van der Waals surface area (Å²) in [6.45, 7) is 3.48. The van der Waals surface area contributed by atoms with Gasteiger partial charge >= 0.3 is 0 Å². The number of anilines is 1. The molecule has 0 aromatic carbocycles. The van der Waals surface area contributed by atoms with Crippen LogP contribution in [0.3, 0.4) is 0 Å². The lowest BCUT2D eigenvalue weighted by Gasteiger charge is -1.94. The van der Waals surface area contributed by atoms with Gasteiger partial charge in [-0.3, -0.25) is 4.68 Å². The van der Waals surface area contributed by atoms with Gasteiger partial charge in [0, 0.05) is 12.7 Å². The molecule has 5 nitrogen and oxygen atoms in total. The fourth-order valence-corrected chi connectivity index (χ4v) is 2.06. The van der Waals surface area contributed by atoms with Gasteiger partial charge in [0.25, 0.3) is 0 Å². The van der Waals surface area contributed by atoms with E-state index in [4.69, 9.17) is 11.6 Å². The maximum atomic E-state index is 5.75. The smallest absolute Gasteiger partial charge is 0.205 e. The fraction of sp³-hybridized carbons (Fsp3) is 0.375. The van der Waals surface area contributed by atoms with E-state index in [1.54, 1.807) is 17.1 Å². The zero-order chi connectivity index (χ0) is 10.7. The van der Waals surface area contributed by atoms with Crippen molar-refractivity contribution in [1.29, 1.82) is 0 Å². The second kappa shape index (κ2) is 4.59. The summed E-state index contributed by atoms with van der Waals surface area (Å²) in [6, 6.07) is 0. The molecule has 0 saturated heterocycles. The summed E-state index contributed by atoms with van der Waals surface area (Å²) in [5, 5.41) is 17.6. The highest BCUT2D eigenvalue weighted by Crippen LogP contribution is 2.16. The van der Waals surface area contributed by atoms with Crippen LogP contribution in [0.1, 0.15) is 11.9 Å². The van der Waals surface area contributed by atoms with Crippen LogP contribution in [-0.4, -0.2) is 26.5 Å². The van der Waals surface area contributed by atoms with E-state index < -0.39 is 0 Å². The van der Waals surface area contributed by atoms with Crippen LogP contribution in [0.5, 0.6) is 0 Å². The summed E-state index contributed by atoms with van der Waals surface area (Å²) >= 11 is 7.28. The predicted molar refractivity (Wildman–Crippen MR) is 60.4 cm³/mol. The number of hydrogen-bond donors (Lipinski definition) is 1. The van der Waals surface area contributed by atoms with Crippen molar-refractivity contribution in [3.8, 4) is 0 Å². The van der Waals surface area contributed by atoms with Gasteiger partial charge in [-0.05, 0) is 6.92 Å². The van der Waals surface area contributed by atoms with Gasteiger partial charge in [0.15, 0.2) is 0 Å². The minimum atomic E-state index is 0.607. The van der Waals surface area contributed by atoms with Crippen molar-refractivity contribution < 1.29 is 0 Å². The molecule has 2 aromatic rings. The van der Waals surface area contributed by atoms with Crippen molar-refractivity contribution in [1.82, 2.24) is 20.0 Å². The fourth-order valence-electron chi connectivity index (χ4n) is 1.10. The van der Waals surface area contributed by atoms with Crippen LogP contribution >= 0.6 is 22.9 Å². The molecule has 2 rings (SSSR count). The van der Waals surface area contributed by atoms with Crippen LogP contribution in [0.15, 0.2) is 12.4 Å². The lowest BCUT2D eigenvalue weighted by molar-refractivity contribution is 0.677. The molecule has 0 unspecified atom stereocenters. The van der Waals surface area contributed by atoms with Crippen LogP contribution in [0, 0.1) is 0 Å². The number of rotatable bonds is 4. The molecule has 2 heterocycles. The Morgan fingerprint density at radius 3 is 3.07 bits per heavy atom. The summed E-state index contributed by atoms with van der Waals surface area (Å²) in [4.78, 5) is 0. The Bertz CT molecular complexity index is 438. The summed E-state index contributed by atoms with van der Waals surface area (Å²) < 4.78 is 1.73. The van der Waals surface area contributed by atoms with Crippen LogP contribution < -0.4 is 5.32 Å². The highest BCUT2D eigenvalue weighted by atomic mass is 35.5. The van der Waals surface area contributed by atoms with E-state index in [9.17, 15) is 0 Å². The molecule has 0 fully saturated rings. The van der Waals surface area contributed by atoms with Crippen molar-refractivity contribution in [2.45, 2.75) is 13.5 Å². The van der Waals surface area contributed by atoms with E-state index in [0.29, 0.717) is 11.6 Å². The second-order valence-corrected chi connectivity index (χ2v) is 4.39. The Morgan fingerprint density at radius 2 is 2.40 bits per heavy atom. The van der Waals surface area contributed by atoms with Gasteiger partial charge in [-0.15, -0.1) is 10.2 Å². The number of nitrogens with zero attached hydrogens (tertiary/aromatic N) is 4. The first kappa shape index (κ1) is 10.4. The third-order valence-corrected chi connectivity index (χ3v) is 2.75. The van der Waals surface area contributed by atoms with Crippen LogP contribution in [0.25, 0.3) is 0 Å². The van der Waals surface area contributed by atoms with Crippen molar-refractivity contribution >= 4 is 28.1 Å². The molecule has 7 heteroatoms. The van der Waals surface area contributed by atoms with Gasteiger partial charge in [-0.2, -0.15) is 5.10 Å². The van der Waals surface area contributed by atoms with E-state index in [-0.39, 0.29) is 0 Å². The van der Waals surface area contributed by atoms with Crippen LogP contribution in [0.4, 0.5) is 5.13 Å². The van der Waals surface area contributed by atoms with Crippen molar-refractivity contribution in [2.75, 3.05) is 11.9 Å². The zero-order valence-corrected chi connectivity index (χ0v) is 9.72. The number of hydrogen-bond acceptors (Lipinski definition) is 5. The average molecular weight is 244 g/mol. The molecule has 0 radical (unpaired) electrons. The predicted octanol–water partition coefficient (Wildman–Crippen LogP) is 1.87. The summed E-state index contributed by atoms with van der Waals surface area (Å²) in [7, 11) is 0. The van der Waals surface area contributed by atoms with Gasteiger partial charge in [-0.25, -0.2) is 0 Å². The highest BCUT2D eigenvalue weighted by Gasteiger charge is 2.04. The van der Waals surface area contributed by atoms with Gasteiger partial charge < -0.3 is 5.32 Å². The standard InChI is InChI=1S/C8H10ClN5S/c1-2-10-8-13-12-7(15-8)5-14-4-6(9)3-11-14/h3-4H,2,5H2,1H3,(H,10,13). The van der Waals surface area contributed by atoms with Crippen LogP contribution in [0.2, 0.25) is 5.02 Å². The number of halogens is 1. The minimum Gasteiger partial charge on any atom is -0.360 e. The first-order chi connectivity index (χ1) is 7.28. The molecular weight excluding hydrogens is 234 g/mol. The third-order valence-electron chi connectivity index (χ3n) is 1.69. The second-order valence-electron chi connectivity index (χ2n) is 2.89. The molecule has 0 aliphatic carbocycles. The first-order valence-corrected chi connectivity index (χ1v) is 5.71. The molecule has 0 amide bonds. The van der Waals surface area contributed by atoms with E-state index in [0.717, 1.165) is 16.7 Å². The van der Waals surface area contributed by atoms with Crippen molar-refractivity contribution in [2.24, 2.45) is 0 Å². The summed E-state index contributed by atoms with van der Waals surface area (Å²) in [5.74, 6) is 0. The lowest BCUT2D eigenvalue weighted by atomic mass is 10.7.